The van der Waals surface area contributed by atoms with Crippen LogP contribution in [0.3, 0.4) is 0 Å². The number of likely N-dealkylation sites (tertiary alicyclic amines) is 1. The Morgan fingerprint density at radius 3 is 3.00 bits per heavy atom. The molecule has 1 aliphatic heterocycles. The van der Waals surface area contributed by atoms with Crippen molar-refractivity contribution in [3.63, 3.8) is 0 Å². The molecule has 0 radical (unpaired) electrons. The summed E-state index contributed by atoms with van der Waals surface area (Å²) in [5.74, 6) is 2.22. The average Bonchev–Trinajstić information content (AvgIpc) is 3.40. The lowest BCUT2D eigenvalue weighted by Gasteiger charge is -2.20. The molecule has 8 nitrogen and oxygen atoms in total. The second kappa shape index (κ2) is 6.78. The highest BCUT2D eigenvalue weighted by molar-refractivity contribution is 5.92. The highest BCUT2D eigenvalue weighted by Crippen LogP contribution is 2.33. The van der Waals surface area contributed by atoms with Crippen LogP contribution in [0.1, 0.15) is 66.7 Å². The average molecular weight is 355 g/mol. The highest BCUT2D eigenvalue weighted by atomic mass is 16.5. The Morgan fingerprint density at radius 1 is 1.38 bits per heavy atom. The van der Waals surface area contributed by atoms with Gasteiger partial charge in [-0.1, -0.05) is 19.0 Å². The molecule has 0 unspecified atom stereocenters. The summed E-state index contributed by atoms with van der Waals surface area (Å²) in [6.07, 6.45) is 5.27. The number of aromatic nitrogens is 4. The van der Waals surface area contributed by atoms with Gasteiger partial charge in [-0.05, 0) is 31.0 Å². The van der Waals surface area contributed by atoms with Gasteiger partial charge in [0.05, 0.1) is 6.54 Å². The Morgan fingerprint density at radius 2 is 2.27 bits per heavy atom. The number of amides is 1. The molecule has 3 aromatic heterocycles. The number of carbonyl (C=O) groups is 1. The van der Waals surface area contributed by atoms with E-state index in [0.29, 0.717) is 36.3 Å². The molecule has 3 aromatic rings. The van der Waals surface area contributed by atoms with E-state index in [-0.39, 0.29) is 17.9 Å². The molecule has 1 saturated heterocycles. The molecule has 0 aromatic carbocycles. The van der Waals surface area contributed by atoms with Crippen molar-refractivity contribution < 1.29 is 13.7 Å². The number of furan rings is 1. The van der Waals surface area contributed by atoms with Crippen LogP contribution in [0.5, 0.6) is 0 Å². The van der Waals surface area contributed by atoms with Crippen molar-refractivity contribution in [2.75, 3.05) is 6.54 Å². The van der Waals surface area contributed by atoms with E-state index >= 15 is 0 Å². The normalized spacial score (nSPS) is 17.3. The second-order valence-corrected chi connectivity index (χ2v) is 6.77. The minimum atomic E-state index is -0.192. The quantitative estimate of drug-likeness (QED) is 0.699. The van der Waals surface area contributed by atoms with Crippen LogP contribution in [-0.2, 0) is 6.54 Å². The maximum absolute atomic E-state index is 12.9. The van der Waals surface area contributed by atoms with Gasteiger partial charge in [0.1, 0.15) is 11.8 Å². The molecular weight excluding hydrogens is 334 g/mol. The molecule has 26 heavy (non-hydrogen) atoms. The molecule has 136 valence electrons. The molecule has 0 aliphatic carbocycles. The molecule has 4 heterocycles. The molecule has 1 amide bonds. The summed E-state index contributed by atoms with van der Waals surface area (Å²) < 4.78 is 12.9. The first kappa shape index (κ1) is 16.6. The Hall–Kier alpha value is -2.90. The topological polar surface area (TPSA) is 90.2 Å². The van der Waals surface area contributed by atoms with E-state index in [9.17, 15) is 4.79 Å². The van der Waals surface area contributed by atoms with Crippen LogP contribution in [0.4, 0.5) is 0 Å². The summed E-state index contributed by atoms with van der Waals surface area (Å²) in [5, 5.41) is 8.16. The lowest BCUT2D eigenvalue weighted by Crippen LogP contribution is -2.30. The summed E-state index contributed by atoms with van der Waals surface area (Å²) in [6.45, 7) is 5.16. The predicted octanol–water partition coefficient (Wildman–Crippen LogP) is 3.01. The minimum Gasteiger partial charge on any atom is -0.454 e. The fraction of sp³-hybridized carbons (Fsp3) is 0.444. The van der Waals surface area contributed by atoms with Gasteiger partial charge < -0.3 is 13.8 Å². The molecule has 4 rings (SSSR count). The minimum absolute atomic E-state index is 0.150. The molecular formula is C18H21N5O3. The summed E-state index contributed by atoms with van der Waals surface area (Å²) in [4.78, 5) is 19.1. The Kier molecular flexibility index (Phi) is 4.32. The first-order valence-electron chi connectivity index (χ1n) is 8.82. The zero-order valence-corrected chi connectivity index (χ0v) is 14.8. The van der Waals surface area contributed by atoms with Crippen LogP contribution in [0.25, 0.3) is 0 Å². The standard InChI is InChI=1S/C18H21N5O3/c1-12(2)16-20-17(26-21-16)14-5-3-10-23(14)18(24)15-7-6-13(25-15)11-22-9-4-8-19-22/h4,6-9,12,14H,3,5,10-11H2,1-2H3/t14-/m1/s1. The van der Waals surface area contributed by atoms with Crippen LogP contribution in [0.15, 0.2) is 39.5 Å². The van der Waals surface area contributed by atoms with Crippen molar-refractivity contribution in [3.05, 3.63) is 53.8 Å². The van der Waals surface area contributed by atoms with Crippen molar-refractivity contribution in [1.82, 2.24) is 24.8 Å². The van der Waals surface area contributed by atoms with Crippen molar-refractivity contribution in [1.29, 1.82) is 0 Å². The Balaban J connectivity index is 1.50. The lowest BCUT2D eigenvalue weighted by atomic mass is 10.2. The molecule has 8 heteroatoms. The zero-order valence-electron chi connectivity index (χ0n) is 14.8. The summed E-state index contributed by atoms with van der Waals surface area (Å²) in [7, 11) is 0. The predicted molar refractivity (Wildman–Crippen MR) is 91.4 cm³/mol. The van der Waals surface area contributed by atoms with Gasteiger partial charge in [0.15, 0.2) is 11.6 Å². The van der Waals surface area contributed by atoms with E-state index in [1.165, 1.54) is 0 Å². The van der Waals surface area contributed by atoms with Gasteiger partial charge in [-0.15, -0.1) is 0 Å². The maximum Gasteiger partial charge on any atom is 0.290 e. The molecule has 1 aliphatic rings. The van der Waals surface area contributed by atoms with Gasteiger partial charge in [0, 0.05) is 24.9 Å². The summed E-state index contributed by atoms with van der Waals surface area (Å²) >= 11 is 0. The van der Waals surface area contributed by atoms with Crippen LogP contribution >= 0.6 is 0 Å². The smallest absolute Gasteiger partial charge is 0.290 e. The van der Waals surface area contributed by atoms with Gasteiger partial charge in [-0.25, -0.2) is 0 Å². The van der Waals surface area contributed by atoms with E-state index < -0.39 is 0 Å². The molecule has 0 spiro atoms. The first-order chi connectivity index (χ1) is 12.6. The van der Waals surface area contributed by atoms with E-state index in [0.717, 1.165) is 12.8 Å². The van der Waals surface area contributed by atoms with E-state index in [2.05, 4.69) is 15.2 Å². The third-order valence-electron chi connectivity index (χ3n) is 4.52. The second-order valence-electron chi connectivity index (χ2n) is 6.77. The van der Waals surface area contributed by atoms with Gasteiger partial charge in [0.25, 0.3) is 5.91 Å². The third kappa shape index (κ3) is 3.14. The monoisotopic (exact) mass is 355 g/mol. The van der Waals surface area contributed by atoms with Gasteiger partial charge in [0.2, 0.25) is 5.89 Å². The number of hydrogen-bond acceptors (Lipinski definition) is 6. The fourth-order valence-corrected chi connectivity index (χ4v) is 3.16. The van der Waals surface area contributed by atoms with Gasteiger partial charge >= 0.3 is 0 Å². The summed E-state index contributed by atoms with van der Waals surface area (Å²) in [6, 6.07) is 5.18. The number of hydrogen-bond donors (Lipinski definition) is 0. The Bertz CT molecular complexity index is 880. The third-order valence-corrected chi connectivity index (χ3v) is 4.52. The van der Waals surface area contributed by atoms with Crippen LogP contribution in [-0.4, -0.2) is 37.3 Å². The fourth-order valence-electron chi connectivity index (χ4n) is 3.16. The van der Waals surface area contributed by atoms with Crippen molar-refractivity contribution in [2.24, 2.45) is 0 Å². The van der Waals surface area contributed by atoms with Crippen molar-refractivity contribution in [2.45, 2.75) is 45.2 Å². The Labute approximate surface area is 150 Å². The van der Waals surface area contributed by atoms with Crippen molar-refractivity contribution in [3.8, 4) is 0 Å². The zero-order chi connectivity index (χ0) is 18.1. The molecule has 0 bridgehead atoms. The molecule has 1 fully saturated rings. The number of nitrogens with zero attached hydrogens (tertiary/aromatic N) is 5. The van der Waals surface area contributed by atoms with E-state index in [1.54, 1.807) is 21.8 Å². The van der Waals surface area contributed by atoms with Crippen LogP contribution in [0.2, 0.25) is 0 Å². The SMILES string of the molecule is CC(C)c1noc([C@H]2CCCN2C(=O)c2ccc(Cn3cccn3)o2)n1. The van der Waals surface area contributed by atoms with Gasteiger partial charge in [-0.2, -0.15) is 10.1 Å². The summed E-state index contributed by atoms with van der Waals surface area (Å²) in [5.41, 5.74) is 0. The molecule has 0 N–H and O–H groups in total. The van der Waals surface area contributed by atoms with E-state index in [1.807, 2.05) is 32.2 Å². The van der Waals surface area contributed by atoms with Crippen LogP contribution < -0.4 is 0 Å². The largest absolute Gasteiger partial charge is 0.454 e. The molecule has 0 saturated carbocycles. The van der Waals surface area contributed by atoms with Crippen LogP contribution in [0, 0.1) is 0 Å². The lowest BCUT2D eigenvalue weighted by molar-refractivity contribution is 0.0675. The maximum atomic E-state index is 12.9. The van der Waals surface area contributed by atoms with Gasteiger partial charge in [-0.3, -0.25) is 9.48 Å². The van der Waals surface area contributed by atoms with E-state index in [4.69, 9.17) is 8.94 Å². The molecule has 1 atom stereocenters. The number of carbonyl (C=O) groups excluding carboxylic acids is 1. The number of rotatable bonds is 5. The first-order valence-corrected chi connectivity index (χ1v) is 8.82. The highest BCUT2D eigenvalue weighted by Gasteiger charge is 2.35. The van der Waals surface area contributed by atoms with Crippen molar-refractivity contribution >= 4 is 5.91 Å².